The Hall–Kier alpha value is -4.00. The van der Waals surface area contributed by atoms with E-state index in [0.717, 1.165) is 11.1 Å². The molecule has 0 saturated carbocycles. The van der Waals surface area contributed by atoms with Gasteiger partial charge < -0.3 is 4.74 Å². The number of nitro groups is 1. The van der Waals surface area contributed by atoms with Crippen LogP contribution in [0.5, 0.6) is 5.75 Å². The van der Waals surface area contributed by atoms with Crippen LogP contribution in [0, 0.1) is 10.1 Å². The number of methoxy groups -OCH3 is 1. The summed E-state index contributed by atoms with van der Waals surface area (Å²) in [6.07, 6.45) is 1.69. The molecule has 0 radical (unpaired) electrons. The van der Waals surface area contributed by atoms with Crippen LogP contribution in [0.4, 0.5) is 0 Å². The number of hydrogen-bond donors (Lipinski definition) is 0. The Kier molecular flexibility index (Phi) is 4.93. The second-order valence-corrected chi connectivity index (χ2v) is 7.95. The van der Waals surface area contributed by atoms with Gasteiger partial charge in [-0.25, -0.2) is 0 Å². The second-order valence-electron chi connectivity index (χ2n) is 7.95. The third kappa shape index (κ3) is 3.13. The summed E-state index contributed by atoms with van der Waals surface area (Å²) < 4.78 is 5.26. The molecule has 2 aliphatic rings. The summed E-state index contributed by atoms with van der Waals surface area (Å²) in [5, 5.41) is 18.7. The van der Waals surface area contributed by atoms with E-state index in [1.54, 1.807) is 66.9 Å². The van der Waals surface area contributed by atoms with E-state index in [9.17, 15) is 14.9 Å². The highest BCUT2D eigenvalue weighted by Gasteiger charge is 2.60. The van der Waals surface area contributed by atoms with Crippen LogP contribution in [0.25, 0.3) is 0 Å². The summed E-state index contributed by atoms with van der Waals surface area (Å²) in [5.74, 6) is -0.217. The van der Waals surface area contributed by atoms with Crippen molar-refractivity contribution in [3.8, 4) is 5.75 Å². The van der Waals surface area contributed by atoms with Crippen LogP contribution in [-0.2, 0) is 0 Å². The maximum absolute atomic E-state index is 13.7. The highest BCUT2D eigenvalue weighted by molar-refractivity contribution is 6.01. The van der Waals surface area contributed by atoms with Gasteiger partial charge in [0.2, 0.25) is 6.04 Å². The zero-order valence-electron chi connectivity index (χ0n) is 17.4. The van der Waals surface area contributed by atoms with E-state index < -0.39 is 24.0 Å². The number of fused-ring (bicyclic) bond motifs is 3. The number of carbonyl (C=O) groups is 1. The van der Waals surface area contributed by atoms with E-state index in [1.165, 1.54) is 0 Å². The predicted molar refractivity (Wildman–Crippen MR) is 120 cm³/mol. The predicted octanol–water partition coefficient (Wildman–Crippen LogP) is 4.08. The van der Waals surface area contributed by atoms with Gasteiger partial charge in [-0.05, 0) is 23.3 Å². The maximum Gasteiger partial charge on any atom is 0.248 e. The van der Waals surface area contributed by atoms with E-state index in [1.807, 2.05) is 30.3 Å². The van der Waals surface area contributed by atoms with Crippen molar-refractivity contribution in [2.75, 3.05) is 7.11 Å². The lowest BCUT2D eigenvalue weighted by Gasteiger charge is -2.30. The van der Waals surface area contributed by atoms with Crippen molar-refractivity contribution in [3.05, 3.63) is 111 Å². The van der Waals surface area contributed by atoms with Crippen LogP contribution in [0.1, 0.15) is 39.0 Å². The van der Waals surface area contributed by atoms with Crippen molar-refractivity contribution in [2.45, 2.75) is 24.0 Å². The number of hydrogen-bond acceptors (Lipinski definition) is 6. The van der Waals surface area contributed by atoms with Gasteiger partial charge in [-0.2, -0.15) is 5.10 Å². The summed E-state index contributed by atoms with van der Waals surface area (Å²) in [5.41, 5.74) is 2.87. The van der Waals surface area contributed by atoms with Crippen LogP contribution in [0.3, 0.4) is 0 Å². The molecule has 0 amide bonds. The van der Waals surface area contributed by atoms with Crippen molar-refractivity contribution < 1.29 is 14.5 Å². The van der Waals surface area contributed by atoms with Crippen molar-refractivity contribution >= 4 is 12.0 Å². The summed E-state index contributed by atoms with van der Waals surface area (Å²) in [6, 6.07) is 21.1. The molecule has 1 saturated heterocycles. The molecule has 2 heterocycles. The van der Waals surface area contributed by atoms with Gasteiger partial charge in [0.25, 0.3) is 0 Å². The molecule has 3 aromatic rings. The standard InChI is InChI=1S/C25H21N3O4/c1-32-19-13-11-16(12-14-19)21-23(28(30)31)22-20-10-6-5-9-18(20)15-26-27(22)24(21)25(29)17-7-3-2-4-8-17/h2-15,21-24H,1H3/t21-,22+,23-,24+/m1/s1. The highest BCUT2D eigenvalue weighted by Crippen LogP contribution is 2.49. The van der Waals surface area contributed by atoms with Crippen molar-refractivity contribution in [1.29, 1.82) is 0 Å². The Labute approximate surface area is 185 Å². The molecule has 0 aromatic heterocycles. The maximum atomic E-state index is 13.7. The SMILES string of the molecule is COc1ccc([C@@H]2[C@@H]([N+](=O)[O-])[C@@H]3c4ccccc4C=NN3[C@@H]2C(=O)c2ccccc2)cc1. The van der Waals surface area contributed by atoms with Crippen LogP contribution in [0.15, 0.2) is 84.0 Å². The van der Waals surface area contributed by atoms with Crippen LogP contribution in [-0.4, -0.2) is 41.1 Å². The number of hydrazone groups is 1. The molecule has 0 aliphatic carbocycles. The Balaban J connectivity index is 1.69. The van der Waals surface area contributed by atoms with Crippen molar-refractivity contribution in [3.63, 3.8) is 0 Å². The van der Waals surface area contributed by atoms with Gasteiger partial charge in [0.1, 0.15) is 17.8 Å². The van der Waals surface area contributed by atoms with Crippen molar-refractivity contribution in [1.82, 2.24) is 5.01 Å². The minimum absolute atomic E-state index is 0.183. The molecule has 0 bridgehead atoms. The Morgan fingerprint density at radius 1 is 1.00 bits per heavy atom. The first-order valence-corrected chi connectivity index (χ1v) is 10.4. The van der Waals surface area contributed by atoms with Gasteiger partial charge >= 0.3 is 0 Å². The molecule has 0 N–H and O–H groups in total. The van der Waals surface area contributed by atoms with Gasteiger partial charge in [0.05, 0.1) is 19.2 Å². The molecule has 0 unspecified atom stereocenters. The zero-order valence-corrected chi connectivity index (χ0v) is 17.4. The molecule has 0 spiro atoms. The molecule has 7 heteroatoms. The zero-order chi connectivity index (χ0) is 22.2. The first-order chi connectivity index (χ1) is 15.6. The van der Waals surface area contributed by atoms with E-state index in [4.69, 9.17) is 4.74 Å². The van der Waals surface area contributed by atoms with Crippen molar-refractivity contribution in [2.24, 2.45) is 5.10 Å². The summed E-state index contributed by atoms with van der Waals surface area (Å²) in [7, 11) is 1.57. The molecule has 7 nitrogen and oxygen atoms in total. The quantitative estimate of drug-likeness (QED) is 0.348. The molecule has 2 aliphatic heterocycles. The highest BCUT2D eigenvalue weighted by atomic mass is 16.6. The van der Waals surface area contributed by atoms with Gasteiger partial charge in [0, 0.05) is 16.1 Å². The lowest BCUT2D eigenvalue weighted by molar-refractivity contribution is -0.529. The number of rotatable bonds is 5. The smallest absolute Gasteiger partial charge is 0.248 e. The van der Waals surface area contributed by atoms with Gasteiger partial charge in [0.15, 0.2) is 5.78 Å². The Bertz CT molecular complexity index is 1190. The van der Waals surface area contributed by atoms with Crippen LogP contribution in [0.2, 0.25) is 0 Å². The fraction of sp³-hybridized carbons (Fsp3) is 0.200. The molecular formula is C25H21N3O4. The average Bonchev–Trinajstić information content (AvgIpc) is 3.20. The molecular weight excluding hydrogens is 406 g/mol. The van der Waals surface area contributed by atoms with E-state index in [-0.39, 0.29) is 10.7 Å². The first kappa shape index (κ1) is 19.9. The van der Waals surface area contributed by atoms with Crippen LogP contribution < -0.4 is 4.74 Å². The van der Waals surface area contributed by atoms with E-state index >= 15 is 0 Å². The van der Waals surface area contributed by atoms with Gasteiger partial charge in [-0.3, -0.25) is 19.9 Å². The summed E-state index contributed by atoms with van der Waals surface area (Å²) in [6.45, 7) is 0. The van der Waals surface area contributed by atoms with E-state index in [0.29, 0.717) is 16.9 Å². The number of ether oxygens (including phenoxy) is 1. The number of nitrogens with zero attached hydrogens (tertiary/aromatic N) is 3. The Morgan fingerprint density at radius 3 is 2.38 bits per heavy atom. The number of benzene rings is 3. The minimum atomic E-state index is -1.04. The molecule has 4 atom stereocenters. The van der Waals surface area contributed by atoms with Gasteiger partial charge in [-0.15, -0.1) is 0 Å². The molecule has 5 rings (SSSR count). The van der Waals surface area contributed by atoms with Crippen LogP contribution >= 0.6 is 0 Å². The lowest BCUT2D eigenvalue weighted by atomic mass is 9.82. The second kappa shape index (κ2) is 7.92. The first-order valence-electron chi connectivity index (χ1n) is 10.4. The summed E-state index contributed by atoms with van der Waals surface area (Å²) >= 11 is 0. The largest absolute Gasteiger partial charge is 0.497 e. The lowest BCUT2D eigenvalue weighted by Crippen LogP contribution is -2.38. The molecule has 1 fully saturated rings. The number of carbonyl (C=O) groups excluding carboxylic acids is 1. The fourth-order valence-corrected chi connectivity index (χ4v) is 4.88. The average molecular weight is 427 g/mol. The van der Waals surface area contributed by atoms with Gasteiger partial charge in [-0.1, -0.05) is 66.7 Å². The Morgan fingerprint density at radius 2 is 1.69 bits per heavy atom. The minimum Gasteiger partial charge on any atom is -0.497 e. The summed E-state index contributed by atoms with van der Waals surface area (Å²) in [4.78, 5) is 25.9. The monoisotopic (exact) mass is 427 g/mol. The normalized spacial score (nSPS) is 23.3. The fourth-order valence-electron chi connectivity index (χ4n) is 4.88. The number of Topliss-reactive ketones (excluding diaryl/α,β-unsaturated/α-hetero) is 1. The third-order valence-corrected chi connectivity index (χ3v) is 6.32. The topological polar surface area (TPSA) is 85.0 Å². The molecule has 3 aromatic carbocycles. The van der Waals surface area contributed by atoms with E-state index in [2.05, 4.69) is 5.10 Å². The number of ketones is 1. The molecule has 160 valence electrons. The third-order valence-electron chi connectivity index (χ3n) is 6.32. The molecule has 32 heavy (non-hydrogen) atoms.